The van der Waals surface area contributed by atoms with E-state index in [0.29, 0.717) is 31.7 Å². The van der Waals surface area contributed by atoms with Gasteiger partial charge in [-0.05, 0) is 61.3 Å². The topological polar surface area (TPSA) is 108 Å². The minimum absolute atomic E-state index is 0.00357. The molecule has 2 aliphatic carbocycles. The molecule has 2 saturated carbocycles. The van der Waals surface area contributed by atoms with Crippen molar-refractivity contribution in [2.75, 3.05) is 6.61 Å². The number of hydrogen-bond donors (Lipinski definition) is 2. The Morgan fingerprint density at radius 3 is 2.43 bits per heavy atom. The number of rotatable bonds is 8. The van der Waals surface area contributed by atoms with Gasteiger partial charge in [0.05, 0.1) is 18.4 Å². The van der Waals surface area contributed by atoms with E-state index in [0.717, 1.165) is 42.4 Å². The molecule has 1 aliphatic heterocycles. The van der Waals surface area contributed by atoms with Crippen LogP contribution in [0.1, 0.15) is 67.6 Å². The first-order valence-corrected chi connectivity index (χ1v) is 13.2. The van der Waals surface area contributed by atoms with Crippen molar-refractivity contribution in [2.24, 2.45) is 16.9 Å². The molecule has 8 heteroatoms. The van der Waals surface area contributed by atoms with E-state index in [9.17, 15) is 19.5 Å². The monoisotopic (exact) mass is 503 g/mol. The first-order chi connectivity index (χ1) is 18.0. The number of carbonyl (C=O) groups is 3. The van der Waals surface area contributed by atoms with Crippen LogP contribution in [-0.2, 0) is 25.7 Å². The van der Waals surface area contributed by atoms with Crippen molar-refractivity contribution in [3.63, 3.8) is 0 Å². The van der Waals surface area contributed by atoms with Crippen LogP contribution >= 0.6 is 0 Å². The van der Waals surface area contributed by atoms with Gasteiger partial charge in [-0.15, -0.1) is 5.10 Å². The second-order valence-corrected chi connectivity index (χ2v) is 10.3. The number of aliphatic carboxylic acids is 1. The average Bonchev–Trinajstić information content (AvgIpc) is 3.60. The summed E-state index contributed by atoms with van der Waals surface area (Å²) < 4.78 is 5.53. The van der Waals surface area contributed by atoms with Gasteiger partial charge in [0.25, 0.3) is 5.91 Å². The molecule has 0 bridgehead atoms. The number of carbonyl (C=O) groups excluding carboxylic acids is 2. The molecule has 37 heavy (non-hydrogen) atoms. The average molecular weight is 504 g/mol. The summed E-state index contributed by atoms with van der Waals surface area (Å²) in [5.74, 6) is -0.915. The van der Waals surface area contributed by atoms with E-state index in [1.54, 1.807) is 0 Å². The first kappa shape index (κ1) is 25.0. The summed E-state index contributed by atoms with van der Waals surface area (Å²) in [6.07, 6.45) is 6.09. The van der Waals surface area contributed by atoms with Crippen molar-refractivity contribution in [1.82, 2.24) is 10.3 Å². The molecular formula is C29H33N3O5. The molecule has 5 rings (SSSR count). The minimum atomic E-state index is -0.779. The molecular weight excluding hydrogens is 470 g/mol. The van der Waals surface area contributed by atoms with Crippen LogP contribution in [0.4, 0.5) is 0 Å². The van der Waals surface area contributed by atoms with Crippen LogP contribution < -0.4 is 5.32 Å². The largest absolute Gasteiger partial charge is 0.481 e. The van der Waals surface area contributed by atoms with E-state index in [1.165, 1.54) is 5.01 Å². The molecule has 2 fully saturated rings. The van der Waals surface area contributed by atoms with Gasteiger partial charge in [0.15, 0.2) is 6.61 Å². The van der Waals surface area contributed by atoms with Crippen molar-refractivity contribution >= 4 is 23.7 Å². The predicted octanol–water partition coefficient (Wildman–Crippen LogP) is 4.05. The Morgan fingerprint density at radius 2 is 1.76 bits per heavy atom. The number of amides is 2. The van der Waals surface area contributed by atoms with E-state index in [2.05, 4.69) is 10.4 Å². The summed E-state index contributed by atoms with van der Waals surface area (Å²) in [6.45, 7) is 0.261. The SMILES string of the molecule is O=C(N[C@@H]1CC[C@H](C(=O)O)C1)C(c1ccc(CN2N=C(c3ccccc3)OCC2=O)cc1)C1CCCC1. The molecule has 0 radical (unpaired) electrons. The zero-order chi connectivity index (χ0) is 25.8. The maximum atomic E-state index is 13.4. The molecule has 1 heterocycles. The third-order valence-corrected chi connectivity index (χ3v) is 7.81. The van der Waals surface area contributed by atoms with Gasteiger partial charge in [-0.3, -0.25) is 14.4 Å². The van der Waals surface area contributed by atoms with Gasteiger partial charge in [0, 0.05) is 11.6 Å². The number of benzene rings is 2. The van der Waals surface area contributed by atoms with Crippen LogP contribution in [0.15, 0.2) is 59.7 Å². The molecule has 2 aromatic carbocycles. The second-order valence-electron chi connectivity index (χ2n) is 10.3. The standard InChI is InChI=1S/C29H33N3O5/c33-25-18-37-28(22-8-2-1-3-9-22)31-32(25)17-19-10-12-21(13-11-19)26(20-6-4-5-7-20)27(34)30-24-15-14-23(16-24)29(35)36/h1-3,8-13,20,23-24,26H,4-7,14-18H2,(H,30,34)(H,35,36)/t23-,24+,26?/m0/s1. The maximum absolute atomic E-state index is 13.4. The van der Waals surface area contributed by atoms with Crippen LogP contribution in [0.3, 0.4) is 0 Å². The highest BCUT2D eigenvalue weighted by atomic mass is 16.5. The van der Waals surface area contributed by atoms with Gasteiger partial charge in [0.2, 0.25) is 11.8 Å². The van der Waals surface area contributed by atoms with Crippen molar-refractivity contribution in [3.05, 3.63) is 71.3 Å². The summed E-state index contributed by atoms with van der Waals surface area (Å²) >= 11 is 0. The number of nitrogens with one attached hydrogen (secondary N) is 1. The Balaban J connectivity index is 1.29. The van der Waals surface area contributed by atoms with Crippen molar-refractivity contribution in [1.29, 1.82) is 0 Å². The Labute approximate surface area is 216 Å². The Morgan fingerprint density at radius 1 is 1.03 bits per heavy atom. The zero-order valence-electron chi connectivity index (χ0n) is 20.8. The third-order valence-electron chi connectivity index (χ3n) is 7.81. The molecule has 3 aliphatic rings. The lowest BCUT2D eigenvalue weighted by Gasteiger charge is -2.26. The maximum Gasteiger partial charge on any atom is 0.306 e. The highest BCUT2D eigenvalue weighted by Crippen LogP contribution is 2.38. The van der Waals surface area contributed by atoms with Gasteiger partial charge in [-0.25, -0.2) is 5.01 Å². The third kappa shape index (κ3) is 5.84. The van der Waals surface area contributed by atoms with Crippen LogP contribution in [0, 0.1) is 11.8 Å². The smallest absolute Gasteiger partial charge is 0.306 e. The quantitative estimate of drug-likeness (QED) is 0.565. The van der Waals surface area contributed by atoms with E-state index >= 15 is 0 Å². The van der Waals surface area contributed by atoms with E-state index in [4.69, 9.17) is 4.74 Å². The van der Waals surface area contributed by atoms with E-state index in [-0.39, 0.29) is 42.2 Å². The lowest BCUT2D eigenvalue weighted by molar-refractivity contribution is -0.141. The van der Waals surface area contributed by atoms with E-state index < -0.39 is 5.97 Å². The summed E-state index contributed by atoms with van der Waals surface area (Å²) in [5.41, 5.74) is 2.70. The first-order valence-electron chi connectivity index (χ1n) is 13.2. The lowest BCUT2D eigenvalue weighted by atomic mass is 9.83. The van der Waals surface area contributed by atoms with Crippen molar-refractivity contribution in [3.8, 4) is 0 Å². The number of carboxylic acid groups (broad SMARTS) is 1. The number of carboxylic acids is 1. The van der Waals surface area contributed by atoms with Crippen LogP contribution in [0.2, 0.25) is 0 Å². The van der Waals surface area contributed by atoms with Crippen molar-refractivity contribution in [2.45, 2.75) is 63.5 Å². The minimum Gasteiger partial charge on any atom is -0.481 e. The van der Waals surface area contributed by atoms with Gasteiger partial charge >= 0.3 is 5.97 Å². The normalized spacial score (nSPS) is 22.9. The van der Waals surface area contributed by atoms with Gasteiger partial charge in [0.1, 0.15) is 0 Å². The van der Waals surface area contributed by atoms with Crippen LogP contribution in [0.5, 0.6) is 0 Å². The molecule has 3 atom stereocenters. The predicted molar refractivity (Wildman–Crippen MR) is 138 cm³/mol. The summed E-state index contributed by atoms with van der Waals surface area (Å²) in [5, 5.41) is 18.3. The van der Waals surface area contributed by atoms with E-state index in [1.807, 2.05) is 54.6 Å². The summed E-state index contributed by atoms with van der Waals surface area (Å²) in [4.78, 5) is 37.2. The molecule has 2 amide bonds. The fourth-order valence-corrected chi connectivity index (χ4v) is 5.80. The highest BCUT2D eigenvalue weighted by molar-refractivity contribution is 5.97. The Kier molecular flexibility index (Phi) is 7.53. The number of nitrogens with zero attached hydrogens (tertiary/aromatic N) is 2. The Hall–Kier alpha value is -3.68. The number of ether oxygens (including phenoxy) is 1. The molecule has 2 N–H and O–H groups in total. The van der Waals surface area contributed by atoms with Gasteiger partial charge in [-0.2, -0.15) is 0 Å². The highest BCUT2D eigenvalue weighted by Gasteiger charge is 2.36. The summed E-state index contributed by atoms with van der Waals surface area (Å²) in [7, 11) is 0. The second kappa shape index (κ2) is 11.2. The van der Waals surface area contributed by atoms with Crippen LogP contribution in [0.25, 0.3) is 0 Å². The molecule has 8 nitrogen and oxygen atoms in total. The Bertz CT molecular complexity index is 1160. The fraction of sp³-hybridized carbons (Fsp3) is 0.448. The molecule has 0 aromatic heterocycles. The molecule has 194 valence electrons. The fourth-order valence-electron chi connectivity index (χ4n) is 5.80. The zero-order valence-corrected chi connectivity index (χ0v) is 20.8. The van der Waals surface area contributed by atoms with Gasteiger partial charge < -0.3 is 15.2 Å². The molecule has 2 aromatic rings. The van der Waals surface area contributed by atoms with Crippen LogP contribution in [-0.4, -0.2) is 46.4 Å². The number of hydrazone groups is 1. The molecule has 0 spiro atoms. The summed E-state index contributed by atoms with van der Waals surface area (Å²) in [6, 6.07) is 17.3. The van der Waals surface area contributed by atoms with Crippen molar-refractivity contribution < 1.29 is 24.2 Å². The molecule has 0 saturated heterocycles. The molecule has 1 unspecified atom stereocenters. The van der Waals surface area contributed by atoms with Gasteiger partial charge in [-0.1, -0.05) is 55.3 Å². The lowest BCUT2D eigenvalue weighted by Crippen LogP contribution is -2.39. The number of hydrogen-bond acceptors (Lipinski definition) is 5.